The number of hydrogen-bond donors (Lipinski definition) is 1. The summed E-state index contributed by atoms with van der Waals surface area (Å²) in [4.78, 5) is 38.5. The van der Waals surface area contributed by atoms with E-state index in [0.717, 1.165) is 31.3 Å². The summed E-state index contributed by atoms with van der Waals surface area (Å²) < 4.78 is 7.45. The Bertz CT molecular complexity index is 915. The predicted molar refractivity (Wildman–Crippen MR) is 99.6 cm³/mol. The quantitative estimate of drug-likeness (QED) is 0.588. The highest BCUT2D eigenvalue weighted by Gasteiger charge is 2.53. The molecule has 5 atom stereocenters. The van der Waals surface area contributed by atoms with Crippen LogP contribution >= 0.6 is 15.9 Å². The summed E-state index contributed by atoms with van der Waals surface area (Å²) in [5, 5.41) is 0. The van der Waals surface area contributed by atoms with Crippen LogP contribution in [0.5, 0.6) is 0 Å². The van der Waals surface area contributed by atoms with Crippen LogP contribution in [0.15, 0.2) is 44.6 Å². The normalized spacial score (nSPS) is 33.6. The molecule has 1 N–H and O–H groups in total. The zero-order valence-electron chi connectivity index (χ0n) is 14.4. The second-order valence-corrected chi connectivity index (χ2v) is 8.44. The summed E-state index contributed by atoms with van der Waals surface area (Å²) in [5.74, 6) is -0.158. The van der Waals surface area contributed by atoms with Crippen molar-refractivity contribution in [2.45, 2.75) is 38.3 Å². The van der Waals surface area contributed by atoms with Crippen molar-refractivity contribution < 1.29 is 9.53 Å². The average Bonchev–Trinajstić information content (AvgIpc) is 3.06. The van der Waals surface area contributed by atoms with E-state index in [1.165, 1.54) is 16.3 Å². The Kier molecular flexibility index (Phi) is 4.29. The van der Waals surface area contributed by atoms with Crippen molar-refractivity contribution in [3.8, 4) is 0 Å². The van der Waals surface area contributed by atoms with Crippen LogP contribution in [0.3, 0.4) is 0 Å². The van der Waals surface area contributed by atoms with Crippen LogP contribution < -0.4 is 11.2 Å². The van der Waals surface area contributed by atoms with Crippen molar-refractivity contribution in [1.29, 1.82) is 0 Å². The summed E-state index contributed by atoms with van der Waals surface area (Å²) in [7, 11) is 0. The first-order valence-corrected chi connectivity index (χ1v) is 9.71. The van der Waals surface area contributed by atoms with Gasteiger partial charge in [0.2, 0.25) is 0 Å². The van der Waals surface area contributed by atoms with Gasteiger partial charge in [0.15, 0.2) is 0 Å². The fourth-order valence-corrected chi connectivity index (χ4v) is 5.23. The zero-order valence-corrected chi connectivity index (χ0v) is 16.0. The van der Waals surface area contributed by atoms with Crippen molar-refractivity contribution >= 4 is 21.9 Å². The third-order valence-electron chi connectivity index (χ3n) is 6.21. The molecule has 1 aromatic heterocycles. The molecule has 1 aliphatic heterocycles. The van der Waals surface area contributed by atoms with E-state index in [0.29, 0.717) is 5.92 Å². The SMILES string of the molecule is C=C1CC[C@@H]2[C@H](OC(=O)[C@H]2Cn2cc(Br)c(=O)[nH]c2=O)[C@H]2C(=C)CCC12. The monoisotopic (exact) mass is 420 g/mol. The topological polar surface area (TPSA) is 81.2 Å². The highest BCUT2D eigenvalue weighted by Crippen LogP contribution is 2.52. The van der Waals surface area contributed by atoms with E-state index in [9.17, 15) is 14.4 Å². The van der Waals surface area contributed by atoms with Gasteiger partial charge in [0, 0.05) is 24.6 Å². The summed E-state index contributed by atoms with van der Waals surface area (Å²) >= 11 is 3.14. The van der Waals surface area contributed by atoms with Crippen LogP contribution in [-0.2, 0) is 16.1 Å². The molecule has 2 saturated carbocycles. The molecule has 2 heterocycles. The van der Waals surface area contributed by atoms with Gasteiger partial charge < -0.3 is 4.74 Å². The molecule has 1 aromatic rings. The Morgan fingerprint density at radius 2 is 1.92 bits per heavy atom. The maximum Gasteiger partial charge on any atom is 0.328 e. The van der Waals surface area contributed by atoms with Gasteiger partial charge in [-0.05, 0) is 47.5 Å². The summed E-state index contributed by atoms with van der Waals surface area (Å²) in [6.45, 7) is 8.67. The zero-order chi connectivity index (χ0) is 18.6. The van der Waals surface area contributed by atoms with E-state index in [-0.39, 0.29) is 34.9 Å². The molecule has 0 amide bonds. The van der Waals surface area contributed by atoms with Crippen LogP contribution in [0.4, 0.5) is 0 Å². The lowest BCUT2D eigenvalue weighted by atomic mass is 9.79. The smallest absolute Gasteiger partial charge is 0.328 e. The molecule has 2 aliphatic carbocycles. The van der Waals surface area contributed by atoms with Gasteiger partial charge in [-0.2, -0.15) is 0 Å². The van der Waals surface area contributed by atoms with Crippen molar-refractivity contribution in [2.75, 3.05) is 0 Å². The number of esters is 1. The lowest BCUT2D eigenvalue weighted by Crippen LogP contribution is -2.35. The Morgan fingerprint density at radius 1 is 1.19 bits per heavy atom. The van der Waals surface area contributed by atoms with E-state index in [4.69, 9.17) is 4.74 Å². The number of H-pyrrole nitrogens is 1. The Balaban J connectivity index is 1.66. The molecule has 7 heteroatoms. The number of hydrogen-bond acceptors (Lipinski definition) is 4. The molecule has 1 saturated heterocycles. The highest BCUT2D eigenvalue weighted by atomic mass is 79.9. The maximum absolute atomic E-state index is 12.6. The standard InChI is InChI=1S/C19H21BrN2O4/c1-9-3-6-12-13(7-22-8-14(20)17(23)21-19(22)25)18(24)26-16(12)15-10(2)4-5-11(9)15/h8,11-13,15-16H,1-7H2,(H,21,23,25)/t11?,12-,13-,15-,16-/m0/s1. The minimum Gasteiger partial charge on any atom is -0.461 e. The van der Waals surface area contributed by atoms with Gasteiger partial charge >= 0.3 is 11.7 Å². The van der Waals surface area contributed by atoms with E-state index in [2.05, 4.69) is 34.1 Å². The average molecular weight is 421 g/mol. The number of aromatic nitrogens is 2. The molecule has 3 fully saturated rings. The van der Waals surface area contributed by atoms with Crippen LogP contribution in [0, 0.1) is 23.7 Å². The third kappa shape index (κ3) is 2.73. The Hall–Kier alpha value is -1.89. The number of nitrogens with one attached hydrogen (secondary N) is 1. The van der Waals surface area contributed by atoms with Gasteiger partial charge in [-0.1, -0.05) is 24.3 Å². The molecule has 3 aliphatic rings. The molecule has 26 heavy (non-hydrogen) atoms. The fourth-order valence-electron chi connectivity index (χ4n) is 4.89. The first-order chi connectivity index (χ1) is 12.4. The third-order valence-corrected chi connectivity index (χ3v) is 6.78. The molecule has 138 valence electrons. The number of allylic oxidation sites excluding steroid dienone is 1. The van der Waals surface area contributed by atoms with Gasteiger partial charge in [-0.25, -0.2) is 4.79 Å². The van der Waals surface area contributed by atoms with Gasteiger partial charge in [-0.15, -0.1) is 0 Å². The molecule has 0 spiro atoms. The van der Waals surface area contributed by atoms with Gasteiger partial charge in [0.1, 0.15) is 6.10 Å². The number of aromatic amines is 1. The Morgan fingerprint density at radius 3 is 2.69 bits per heavy atom. The van der Waals surface area contributed by atoms with Crippen molar-refractivity contribution in [3.63, 3.8) is 0 Å². The molecule has 1 unspecified atom stereocenters. The summed E-state index contributed by atoms with van der Waals surface area (Å²) in [6.07, 6.45) is 4.92. The predicted octanol–water partition coefficient (Wildman–Crippen LogP) is 2.39. The van der Waals surface area contributed by atoms with Gasteiger partial charge in [-0.3, -0.25) is 19.1 Å². The number of rotatable bonds is 2. The Labute approximate surface area is 159 Å². The number of carbonyl (C=O) groups excluding carboxylic acids is 1. The summed E-state index contributed by atoms with van der Waals surface area (Å²) in [5.41, 5.74) is 1.37. The van der Waals surface area contributed by atoms with Crippen LogP contribution in [0.1, 0.15) is 25.7 Å². The van der Waals surface area contributed by atoms with Crippen LogP contribution in [0.2, 0.25) is 0 Å². The molecule has 0 bridgehead atoms. The minimum atomic E-state index is -0.518. The number of nitrogens with zero attached hydrogens (tertiary/aromatic N) is 1. The fraction of sp³-hybridized carbons (Fsp3) is 0.526. The van der Waals surface area contributed by atoms with Crippen molar-refractivity contribution in [1.82, 2.24) is 9.55 Å². The summed E-state index contributed by atoms with van der Waals surface area (Å²) in [6, 6.07) is 0. The molecule has 6 nitrogen and oxygen atoms in total. The number of halogens is 1. The van der Waals surface area contributed by atoms with E-state index in [1.54, 1.807) is 0 Å². The molecular weight excluding hydrogens is 400 g/mol. The van der Waals surface area contributed by atoms with Crippen LogP contribution in [0.25, 0.3) is 0 Å². The minimum absolute atomic E-state index is 0.0294. The molecule has 0 aromatic carbocycles. The second-order valence-electron chi connectivity index (χ2n) is 7.59. The maximum atomic E-state index is 12.6. The first kappa shape index (κ1) is 17.5. The van der Waals surface area contributed by atoms with E-state index in [1.807, 2.05) is 0 Å². The van der Waals surface area contributed by atoms with Crippen molar-refractivity contribution in [2.24, 2.45) is 23.7 Å². The second kappa shape index (κ2) is 6.37. The van der Waals surface area contributed by atoms with E-state index < -0.39 is 17.2 Å². The first-order valence-electron chi connectivity index (χ1n) is 8.92. The largest absolute Gasteiger partial charge is 0.461 e. The lowest BCUT2D eigenvalue weighted by Gasteiger charge is -2.27. The highest BCUT2D eigenvalue weighted by molar-refractivity contribution is 9.10. The van der Waals surface area contributed by atoms with Gasteiger partial charge in [0.05, 0.1) is 10.4 Å². The molecule has 0 radical (unpaired) electrons. The van der Waals surface area contributed by atoms with E-state index >= 15 is 0 Å². The van der Waals surface area contributed by atoms with Gasteiger partial charge in [0.25, 0.3) is 5.56 Å². The van der Waals surface area contributed by atoms with Crippen molar-refractivity contribution in [3.05, 3.63) is 55.8 Å². The molecular formula is C19H21BrN2O4. The molecule has 4 rings (SSSR count). The number of ether oxygens (including phenoxy) is 1. The number of carbonyl (C=O) groups is 1. The lowest BCUT2D eigenvalue weighted by molar-refractivity contribution is -0.146. The number of fused-ring (bicyclic) bond motifs is 3. The van der Waals surface area contributed by atoms with Crippen LogP contribution in [-0.4, -0.2) is 21.6 Å².